The van der Waals surface area contributed by atoms with Crippen LogP contribution in [0.5, 0.6) is 11.5 Å². The minimum absolute atomic E-state index is 0.268. The van der Waals surface area contributed by atoms with Gasteiger partial charge in [0, 0.05) is 12.0 Å². The van der Waals surface area contributed by atoms with Crippen LogP contribution < -0.4 is 4.74 Å². The number of phenolic OH excluding ortho intramolecular Hbond substituents is 1. The quantitative estimate of drug-likeness (QED) is 0.586. The zero-order valence-electron chi connectivity index (χ0n) is 8.50. The van der Waals surface area contributed by atoms with Crippen molar-refractivity contribution in [3.63, 3.8) is 0 Å². The molecule has 2 nitrogen and oxygen atoms in total. The monoisotopic (exact) mass is 190 g/mol. The van der Waals surface area contributed by atoms with E-state index >= 15 is 0 Å². The molecule has 0 saturated heterocycles. The van der Waals surface area contributed by atoms with Gasteiger partial charge < -0.3 is 9.84 Å². The van der Waals surface area contributed by atoms with Crippen molar-refractivity contribution in [1.82, 2.24) is 0 Å². The van der Waals surface area contributed by atoms with E-state index in [1.54, 1.807) is 19.1 Å². The second-order valence-electron chi connectivity index (χ2n) is 2.93. The Hall–Kier alpha value is -1.62. The van der Waals surface area contributed by atoms with Crippen LogP contribution in [0.3, 0.4) is 0 Å². The Bertz CT molecular complexity index is 358. The number of hydrogen-bond acceptors (Lipinski definition) is 2. The van der Waals surface area contributed by atoms with Crippen LogP contribution in [-0.2, 0) is 0 Å². The van der Waals surface area contributed by atoms with E-state index in [1.165, 1.54) is 0 Å². The highest BCUT2D eigenvalue weighted by Crippen LogP contribution is 2.25. The van der Waals surface area contributed by atoms with Crippen LogP contribution in [-0.4, -0.2) is 11.7 Å². The lowest BCUT2D eigenvalue weighted by Gasteiger charge is -2.08. The fourth-order valence-electron chi connectivity index (χ4n) is 1.10. The molecule has 0 aliphatic heterocycles. The van der Waals surface area contributed by atoms with Crippen molar-refractivity contribution in [2.45, 2.75) is 20.3 Å². The summed E-state index contributed by atoms with van der Waals surface area (Å²) in [4.78, 5) is 0. The third kappa shape index (κ3) is 2.70. The van der Waals surface area contributed by atoms with Gasteiger partial charge in [0.2, 0.25) is 0 Å². The minimum atomic E-state index is 0.268. The molecule has 2 heteroatoms. The number of rotatable bonds is 3. The van der Waals surface area contributed by atoms with Crippen molar-refractivity contribution in [3.05, 3.63) is 23.8 Å². The van der Waals surface area contributed by atoms with E-state index < -0.39 is 0 Å². The van der Waals surface area contributed by atoms with Gasteiger partial charge in [0.05, 0.1) is 6.61 Å². The fourth-order valence-corrected chi connectivity index (χ4v) is 1.10. The molecule has 1 N–H and O–H groups in total. The summed E-state index contributed by atoms with van der Waals surface area (Å²) in [5, 5.41) is 9.39. The van der Waals surface area contributed by atoms with Crippen molar-refractivity contribution >= 4 is 0 Å². The highest BCUT2D eigenvalue weighted by Gasteiger charge is 2.02. The number of phenols is 1. The molecule has 1 aromatic rings. The molecule has 0 aromatic heterocycles. The predicted molar refractivity (Wildman–Crippen MR) is 56.4 cm³/mol. The molecule has 0 spiro atoms. The number of hydrogen-bond donors (Lipinski definition) is 1. The maximum Gasteiger partial charge on any atom is 0.125 e. The molecule has 0 fully saturated rings. The van der Waals surface area contributed by atoms with Crippen LogP contribution in [0.4, 0.5) is 0 Å². The summed E-state index contributed by atoms with van der Waals surface area (Å²) in [5.74, 6) is 6.71. The van der Waals surface area contributed by atoms with Crippen LogP contribution in [0.25, 0.3) is 0 Å². The Labute approximate surface area is 84.5 Å². The van der Waals surface area contributed by atoms with Crippen LogP contribution in [0, 0.1) is 18.8 Å². The molecule has 0 heterocycles. The molecule has 0 unspecified atom stereocenters. The average molecular weight is 190 g/mol. The molecule has 0 aliphatic rings. The summed E-state index contributed by atoms with van der Waals surface area (Å²) in [6.45, 7) is 4.20. The van der Waals surface area contributed by atoms with E-state index in [2.05, 4.69) is 11.8 Å². The molecular weight excluding hydrogens is 176 g/mol. The lowest BCUT2D eigenvalue weighted by Crippen LogP contribution is -1.97. The van der Waals surface area contributed by atoms with E-state index in [0.717, 1.165) is 11.3 Å². The minimum Gasteiger partial charge on any atom is -0.508 e. The molecule has 1 aromatic carbocycles. The molecule has 0 radical (unpaired) electrons. The van der Waals surface area contributed by atoms with Gasteiger partial charge in [-0.05, 0) is 26.0 Å². The Morgan fingerprint density at radius 1 is 1.43 bits per heavy atom. The lowest BCUT2D eigenvalue weighted by atomic mass is 10.2. The van der Waals surface area contributed by atoms with Crippen LogP contribution in [0.1, 0.15) is 18.9 Å². The SMILES string of the molecule is CC#CCCOc1cccc(O)c1C. The molecule has 14 heavy (non-hydrogen) atoms. The third-order valence-electron chi connectivity index (χ3n) is 1.92. The first-order valence-corrected chi connectivity index (χ1v) is 4.56. The molecule has 0 amide bonds. The van der Waals surface area contributed by atoms with Crippen LogP contribution in [0.15, 0.2) is 18.2 Å². The van der Waals surface area contributed by atoms with Gasteiger partial charge in [-0.15, -0.1) is 11.8 Å². The van der Waals surface area contributed by atoms with E-state index in [-0.39, 0.29) is 5.75 Å². The number of benzene rings is 1. The molecule has 0 saturated carbocycles. The van der Waals surface area contributed by atoms with Gasteiger partial charge in [0.1, 0.15) is 11.5 Å². The smallest absolute Gasteiger partial charge is 0.125 e. The van der Waals surface area contributed by atoms with Crippen molar-refractivity contribution in [2.24, 2.45) is 0 Å². The van der Waals surface area contributed by atoms with Gasteiger partial charge >= 0.3 is 0 Å². The normalized spacial score (nSPS) is 9.00. The third-order valence-corrected chi connectivity index (χ3v) is 1.92. The molecule has 1 rings (SSSR count). The zero-order chi connectivity index (χ0) is 10.4. The van der Waals surface area contributed by atoms with Gasteiger partial charge in [0.25, 0.3) is 0 Å². The second-order valence-corrected chi connectivity index (χ2v) is 2.93. The zero-order valence-corrected chi connectivity index (χ0v) is 8.50. The van der Waals surface area contributed by atoms with Gasteiger partial charge in [-0.1, -0.05) is 6.07 Å². The van der Waals surface area contributed by atoms with E-state index in [0.29, 0.717) is 13.0 Å². The predicted octanol–water partition coefficient (Wildman–Crippen LogP) is 2.49. The molecular formula is C12H14O2. The van der Waals surface area contributed by atoms with Gasteiger partial charge in [0.15, 0.2) is 0 Å². The topological polar surface area (TPSA) is 29.5 Å². The maximum atomic E-state index is 9.39. The first-order chi connectivity index (χ1) is 6.75. The Balaban J connectivity index is 2.57. The molecule has 0 bridgehead atoms. The largest absolute Gasteiger partial charge is 0.508 e. The highest BCUT2D eigenvalue weighted by atomic mass is 16.5. The lowest BCUT2D eigenvalue weighted by molar-refractivity contribution is 0.322. The fraction of sp³-hybridized carbons (Fsp3) is 0.333. The summed E-state index contributed by atoms with van der Waals surface area (Å²) in [5.41, 5.74) is 0.775. The summed E-state index contributed by atoms with van der Waals surface area (Å²) in [6, 6.07) is 5.26. The van der Waals surface area contributed by atoms with E-state index in [9.17, 15) is 5.11 Å². The standard InChI is InChI=1S/C12H14O2/c1-3-4-5-9-14-12-8-6-7-11(13)10(12)2/h6-8,13H,5,9H2,1-2H3. The number of ether oxygens (including phenoxy) is 1. The Morgan fingerprint density at radius 2 is 2.21 bits per heavy atom. The average Bonchev–Trinajstić information content (AvgIpc) is 2.19. The van der Waals surface area contributed by atoms with Crippen LogP contribution in [0.2, 0.25) is 0 Å². The molecule has 0 aliphatic carbocycles. The Morgan fingerprint density at radius 3 is 2.93 bits per heavy atom. The second kappa shape index (κ2) is 5.18. The number of aromatic hydroxyl groups is 1. The molecule has 74 valence electrons. The van der Waals surface area contributed by atoms with Crippen molar-refractivity contribution in [2.75, 3.05) is 6.61 Å². The van der Waals surface area contributed by atoms with Crippen molar-refractivity contribution in [3.8, 4) is 23.3 Å². The summed E-state index contributed by atoms with van der Waals surface area (Å²) in [7, 11) is 0. The Kier molecular flexibility index (Phi) is 3.87. The highest BCUT2D eigenvalue weighted by molar-refractivity contribution is 5.42. The van der Waals surface area contributed by atoms with Gasteiger partial charge in [-0.3, -0.25) is 0 Å². The molecule has 0 atom stereocenters. The summed E-state index contributed by atoms with van der Waals surface area (Å²) in [6.07, 6.45) is 0.714. The maximum absolute atomic E-state index is 9.39. The van der Waals surface area contributed by atoms with E-state index in [1.807, 2.05) is 13.0 Å². The van der Waals surface area contributed by atoms with Crippen molar-refractivity contribution in [1.29, 1.82) is 0 Å². The first-order valence-electron chi connectivity index (χ1n) is 4.56. The summed E-state index contributed by atoms with van der Waals surface area (Å²) >= 11 is 0. The van der Waals surface area contributed by atoms with Gasteiger partial charge in [-0.2, -0.15) is 0 Å². The first kappa shape index (κ1) is 10.5. The summed E-state index contributed by atoms with van der Waals surface area (Å²) < 4.78 is 5.46. The van der Waals surface area contributed by atoms with Crippen molar-refractivity contribution < 1.29 is 9.84 Å². The van der Waals surface area contributed by atoms with E-state index in [4.69, 9.17) is 4.74 Å². The van der Waals surface area contributed by atoms with Gasteiger partial charge in [-0.25, -0.2) is 0 Å². The van der Waals surface area contributed by atoms with Crippen LogP contribution >= 0.6 is 0 Å².